The number of rotatable bonds is 5. The lowest BCUT2D eigenvalue weighted by atomic mass is 10.1. The number of alkyl halides is 1. The highest BCUT2D eigenvalue weighted by Crippen LogP contribution is 2.24. The summed E-state index contributed by atoms with van der Waals surface area (Å²) in [6, 6.07) is 12.1. The maximum atomic E-state index is 13.8. The fraction of sp³-hybridized carbons (Fsp3) is 0.333. The maximum Gasteiger partial charge on any atom is 0.270 e. The lowest BCUT2D eigenvalue weighted by Gasteiger charge is -2.40. The van der Waals surface area contributed by atoms with Gasteiger partial charge in [0.1, 0.15) is 22.8 Å². The highest BCUT2D eigenvalue weighted by Gasteiger charge is 2.28. The van der Waals surface area contributed by atoms with Crippen LogP contribution in [0, 0.1) is 11.3 Å². The number of nitrogens with one attached hydrogen (secondary N) is 1. The number of nitriles is 1. The average Bonchev–Trinajstić information content (AvgIpc) is 3.17. The summed E-state index contributed by atoms with van der Waals surface area (Å²) in [6.45, 7) is 1.79. The smallest absolute Gasteiger partial charge is 0.270 e. The molecule has 3 heterocycles. The summed E-state index contributed by atoms with van der Waals surface area (Å²) in [4.78, 5) is 21.3. The second kappa shape index (κ2) is 8.99. The van der Waals surface area contributed by atoms with E-state index in [1.165, 1.54) is 0 Å². The van der Waals surface area contributed by atoms with Crippen molar-refractivity contribution in [1.29, 1.82) is 5.26 Å². The van der Waals surface area contributed by atoms with E-state index in [9.17, 15) is 9.18 Å². The van der Waals surface area contributed by atoms with Gasteiger partial charge in [0.05, 0.1) is 17.7 Å². The third-order valence-corrected chi connectivity index (χ3v) is 5.69. The van der Waals surface area contributed by atoms with Gasteiger partial charge < -0.3 is 15.1 Å². The largest absolute Gasteiger partial charge is 0.348 e. The van der Waals surface area contributed by atoms with Crippen molar-refractivity contribution in [2.75, 3.05) is 38.3 Å². The van der Waals surface area contributed by atoms with Gasteiger partial charge in [-0.3, -0.25) is 4.79 Å². The minimum atomic E-state index is -0.503. The van der Waals surface area contributed by atoms with Gasteiger partial charge in [0.25, 0.3) is 5.91 Å². The molecule has 1 saturated heterocycles. The summed E-state index contributed by atoms with van der Waals surface area (Å²) in [5, 5.41) is 16.2. The molecule has 0 radical (unpaired) electrons. The van der Waals surface area contributed by atoms with Gasteiger partial charge in [0, 0.05) is 38.3 Å². The van der Waals surface area contributed by atoms with E-state index in [-0.39, 0.29) is 17.6 Å². The summed E-state index contributed by atoms with van der Waals surface area (Å²) in [7, 11) is 1.97. The predicted molar refractivity (Wildman–Crippen MR) is 118 cm³/mol. The number of nitrogens with zero attached hydrogens (tertiary/aromatic N) is 6. The maximum absolute atomic E-state index is 13.8. The van der Waals surface area contributed by atoms with Crippen LogP contribution >= 0.6 is 15.9 Å². The molecule has 1 amide bonds. The van der Waals surface area contributed by atoms with E-state index in [1.807, 2.05) is 11.9 Å². The van der Waals surface area contributed by atoms with Crippen LogP contribution in [0.3, 0.4) is 0 Å². The Bertz CT molecular complexity index is 1140. The molecular formula is C21H21BrFN7O. The number of likely N-dealkylation sites (N-methyl/N-ethyl adjacent to an activating group) is 1. The van der Waals surface area contributed by atoms with Gasteiger partial charge in [-0.2, -0.15) is 14.9 Å². The van der Waals surface area contributed by atoms with E-state index in [0.29, 0.717) is 41.3 Å². The zero-order valence-corrected chi connectivity index (χ0v) is 18.5. The first-order valence-corrected chi connectivity index (χ1v) is 10.6. The molecule has 10 heteroatoms. The third kappa shape index (κ3) is 4.52. The average molecular weight is 486 g/mol. The lowest BCUT2D eigenvalue weighted by molar-refractivity contribution is 0.0946. The van der Waals surface area contributed by atoms with Crippen molar-refractivity contribution < 1.29 is 9.18 Å². The van der Waals surface area contributed by atoms with Crippen molar-refractivity contribution in [2.45, 2.75) is 12.6 Å². The molecule has 31 heavy (non-hydrogen) atoms. The number of hydrogen-bond donors (Lipinski definition) is 1. The van der Waals surface area contributed by atoms with Crippen LogP contribution in [-0.4, -0.2) is 64.8 Å². The number of carbonyl (C=O) groups excluding carboxylic acids is 1. The summed E-state index contributed by atoms with van der Waals surface area (Å²) in [5.41, 5.74) is 2.18. The molecule has 0 spiro atoms. The van der Waals surface area contributed by atoms with Crippen molar-refractivity contribution in [1.82, 2.24) is 24.8 Å². The van der Waals surface area contributed by atoms with E-state index in [2.05, 4.69) is 42.3 Å². The minimum Gasteiger partial charge on any atom is -0.348 e. The molecule has 0 saturated carbocycles. The van der Waals surface area contributed by atoms with Gasteiger partial charge in [-0.15, -0.1) is 0 Å². The Labute approximate surface area is 187 Å². The van der Waals surface area contributed by atoms with E-state index in [4.69, 9.17) is 5.26 Å². The molecular weight excluding hydrogens is 465 g/mol. The topological polar surface area (TPSA) is 89.6 Å². The standard InChI is InChI=1S/C21H21BrFN7O/c1-28-6-7-29(16(10-23)13-28)20-8-17(26-19-9-18(22)27-30(19)20)21(31)25-12-15-4-2-14(11-24)3-5-15/h2-5,8-9,16H,6-7,10,12-13H2,1H3,(H,25,31)/t16-/m1/s1. The molecule has 4 rings (SSSR count). The van der Waals surface area contributed by atoms with Gasteiger partial charge in [0.2, 0.25) is 0 Å². The van der Waals surface area contributed by atoms with Crippen LogP contribution in [0.25, 0.3) is 5.65 Å². The van der Waals surface area contributed by atoms with Crippen LogP contribution in [0.4, 0.5) is 10.2 Å². The Balaban J connectivity index is 1.62. The highest BCUT2D eigenvalue weighted by molar-refractivity contribution is 9.10. The summed E-state index contributed by atoms with van der Waals surface area (Å²) >= 11 is 3.36. The van der Waals surface area contributed by atoms with Crippen LogP contribution in [0.2, 0.25) is 0 Å². The molecule has 160 valence electrons. The van der Waals surface area contributed by atoms with Crippen molar-refractivity contribution >= 4 is 33.3 Å². The molecule has 1 fully saturated rings. The number of piperazine rings is 1. The van der Waals surface area contributed by atoms with Crippen molar-refractivity contribution in [3.63, 3.8) is 0 Å². The first kappa shape index (κ1) is 21.2. The first-order valence-electron chi connectivity index (χ1n) is 9.83. The van der Waals surface area contributed by atoms with Crippen molar-refractivity contribution in [2.24, 2.45) is 0 Å². The zero-order valence-electron chi connectivity index (χ0n) is 16.9. The molecule has 0 aliphatic carbocycles. The molecule has 1 N–H and O–H groups in total. The van der Waals surface area contributed by atoms with E-state index < -0.39 is 6.67 Å². The molecule has 0 unspecified atom stereocenters. The van der Waals surface area contributed by atoms with Gasteiger partial charge >= 0.3 is 0 Å². The molecule has 1 atom stereocenters. The fourth-order valence-electron chi connectivity index (χ4n) is 3.67. The number of fused-ring (bicyclic) bond motifs is 1. The van der Waals surface area contributed by atoms with Crippen molar-refractivity contribution in [3.05, 3.63) is 57.8 Å². The second-order valence-corrected chi connectivity index (χ2v) is 8.30. The number of benzene rings is 1. The normalized spacial score (nSPS) is 17.0. The van der Waals surface area contributed by atoms with Crippen LogP contribution in [0.5, 0.6) is 0 Å². The monoisotopic (exact) mass is 485 g/mol. The number of hydrogen-bond acceptors (Lipinski definition) is 6. The summed E-state index contributed by atoms with van der Waals surface area (Å²) in [5.74, 6) is 0.298. The van der Waals surface area contributed by atoms with Crippen LogP contribution < -0.4 is 10.2 Å². The van der Waals surface area contributed by atoms with Crippen LogP contribution in [-0.2, 0) is 6.54 Å². The number of amides is 1. The Morgan fingerprint density at radius 2 is 2.10 bits per heavy atom. The second-order valence-electron chi connectivity index (χ2n) is 7.49. The number of aromatic nitrogens is 3. The van der Waals surface area contributed by atoms with Gasteiger partial charge in [0.15, 0.2) is 5.65 Å². The summed E-state index contributed by atoms with van der Waals surface area (Å²) in [6.07, 6.45) is 0. The SMILES string of the molecule is CN1CCN(c2cc(C(=O)NCc3ccc(C#N)cc3)nc3cc(Br)nn23)[C@H](CF)C1. The van der Waals surface area contributed by atoms with Crippen LogP contribution in [0.15, 0.2) is 41.0 Å². The summed E-state index contributed by atoms with van der Waals surface area (Å²) < 4.78 is 16.0. The number of carbonyl (C=O) groups is 1. The third-order valence-electron chi connectivity index (χ3n) is 5.31. The molecule has 1 aromatic carbocycles. The first-order chi connectivity index (χ1) is 15.0. The zero-order chi connectivity index (χ0) is 22.0. The quantitative estimate of drug-likeness (QED) is 0.596. The minimum absolute atomic E-state index is 0.236. The highest BCUT2D eigenvalue weighted by atomic mass is 79.9. The molecule has 1 aliphatic heterocycles. The van der Waals surface area contributed by atoms with E-state index in [0.717, 1.165) is 12.1 Å². The van der Waals surface area contributed by atoms with E-state index in [1.54, 1.807) is 40.9 Å². The Hall–Kier alpha value is -3.03. The molecule has 3 aromatic rings. The Kier molecular flexibility index (Phi) is 6.15. The number of anilines is 1. The number of halogens is 2. The molecule has 2 aromatic heterocycles. The fourth-order valence-corrected chi connectivity index (χ4v) is 4.03. The Morgan fingerprint density at radius 3 is 2.81 bits per heavy atom. The molecule has 0 bridgehead atoms. The van der Waals surface area contributed by atoms with Crippen molar-refractivity contribution in [3.8, 4) is 6.07 Å². The molecule has 8 nitrogen and oxygen atoms in total. The molecule has 1 aliphatic rings. The van der Waals surface area contributed by atoms with Crippen LogP contribution in [0.1, 0.15) is 21.6 Å². The predicted octanol–water partition coefficient (Wildman–Crippen LogP) is 2.38. The Morgan fingerprint density at radius 1 is 1.32 bits per heavy atom. The lowest BCUT2D eigenvalue weighted by Crippen LogP contribution is -2.53. The van der Waals surface area contributed by atoms with Gasteiger partial charge in [-0.05, 0) is 40.7 Å². The van der Waals surface area contributed by atoms with Gasteiger partial charge in [-0.1, -0.05) is 12.1 Å². The van der Waals surface area contributed by atoms with E-state index >= 15 is 0 Å². The van der Waals surface area contributed by atoms with Gasteiger partial charge in [-0.25, -0.2) is 9.37 Å².